The maximum Gasteiger partial charge on any atom is 0.146 e. The van der Waals surface area contributed by atoms with Gasteiger partial charge in [0.25, 0.3) is 0 Å². The van der Waals surface area contributed by atoms with E-state index in [1.165, 1.54) is 4.88 Å². The van der Waals surface area contributed by atoms with Gasteiger partial charge in [-0.25, -0.2) is 4.39 Å². The molecule has 1 heterocycles. The van der Waals surface area contributed by atoms with Crippen LogP contribution in [0.4, 0.5) is 10.1 Å². The van der Waals surface area contributed by atoms with Crippen molar-refractivity contribution in [3.63, 3.8) is 0 Å². The fraction of sp³-hybridized carbons (Fsp3) is 0.333. The van der Waals surface area contributed by atoms with E-state index in [-0.39, 0.29) is 11.9 Å². The molecule has 1 aromatic carbocycles. The Hall–Kier alpha value is -1.39. The summed E-state index contributed by atoms with van der Waals surface area (Å²) < 4.78 is 14.1. The van der Waals surface area contributed by atoms with Crippen molar-refractivity contribution in [2.24, 2.45) is 5.73 Å². The van der Waals surface area contributed by atoms with E-state index in [0.29, 0.717) is 18.7 Å². The lowest BCUT2D eigenvalue weighted by atomic mass is 10.1. The summed E-state index contributed by atoms with van der Waals surface area (Å²) in [5, 5.41) is 2.04. The summed E-state index contributed by atoms with van der Waals surface area (Å²) in [6, 6.07) is 9.62. The average Bonchev–Trinajstić information content (AvgIpc) is 2.91. The number of thiophene rings is 1. The van der Waals surface area contributed by atoms with Crippen LogP contribution < -0.4 is 10.6 Å². The molecule has 0 fully saturated rings. The maximum atomic E-state index is 14.1. The molecule has 2 N–H and O–H groups in total. The van der Waals surface area contributed by atoms with Gasteiger partial charge in [-0.3, -0.25) is 0 Å². The topological polar surface area (TPSA) is 29.3 Å². The third kappa shape index (κ3) is 3.14. The second-order valence-corrected chi connectivity index (χ2v) is 5.61. The Morgan fingerprint density at radius 3 is 2.74 bits per heavy atom. The molecule has 1 aromatic heterocycles. The van der Waals surface area contributed by atoms with Crippen LogP contribution in [-0.4, -0.2) is 13.6 Å². The number of benzene rings is 1. The molecular formula is C15H19FN2S. The van der Waals surface area contributed by atoms with Gasteiger partial charge in [0.05, 0.1) is 11.7 Å². The van der Waals surface area contributed by atoms with Crippen molar-refractivity contribution < 1.29 is 4.39 Å². The first-order valence-corrected chi connectivity index (χ1v) is 7.26. The Balaban J connectivity index is 2.21. The van der Waals surface area contributed by atoms with Gasteiger partial charge >= 0.3 is 0 Å². The Labute approximate surface area is 117 Å². The average molecular weight is 278 g/mol. The third-order valence-corrected chi connectivity index (χ3v) is 4.40. The normalized spacial score (nSPS) is 12.4. The zero-order valence-corrected chi connectivity index (χ0v) is 12.1. The fourth-order valence-electron chi connectivity index (χ4n) is 2.09. The van der Waals surface area contributed by atoms with Gasteiger partial charge < -0.3 is 10.6 Å². The summed E-state index contributed by atoms with van der Waals surface area (Å²) in [5.41, 5.74) is 7.06. The highest BCUT2D eigenvalue weighted by Crippen LogP contribution is 2.30. The molecular weight excluding hydrogens is 259 g/mol. The van der Waals surface area contributed by atoms with Crippen molar-refractivity contribution in [3.05, 3.63) is 52.0 Å². The van der Waals surface area contributed by atoms with Crippen LogP contribution in [0, 0.1) is 5.82 Å². The van der Waals surface area contributed by atoms with Crippen molar-refractivity contribution in [2.45, 2.75) is 19.4 Å². The van der Waals surface area contributed by atoms with Crippen molar-refractivity contribution in [1.29, 1.82) is 0 Å². The molecule has 0 bridgehead atoms. The minimum atomic E-state index is -0.183. The molecule has 19 heavy (non-hydrogen) atoms. The monoisotopic (exact) mass is 278 g/mol. The number of hydrogen-bond donors (Lipinski definition) is 1. The van der Waals surface area contributed by atoms with Crippen LogP contribution in [0.3, 0.4) is 0 Å². The molecule has 102 valence electrons. The lowest BCUT2D eigenvalue weighted by Crippen LogP contribution is -2.22. The smallest absolute Gasteiger partial charge is 0.146 e. The number of rotatable bonds is 5. The van der Waals surface area contributed by atoms with Crippen LogP contribution in [0.5, 0.6) is 0 Å². The Bertz CT molecular complexity index is 525. The van der Waals surface area contributed by atoms with Gasteiger partial charge in [0.2, 0.25) is 0 Å². The first kappa shape index (κ1) is 14.0. The standard InChI is InChI=1S/C15H19FN2S/c1-11(15-4-3-9-19-15)18(2)14-6-5-12(7-8-17)10-13(14)16/h3-6,9-11H,7-8,17H2,1-2H3. The second-order valence-electron chi connectivity index (χ2n) is 4.63. The molecule has 2 nitrogen and oxygen atoms in total. The third-order valence-electron chi connectivity index (χ3n) is 3.36. The zero-order chi connectivity index (χ0) is 13.8. The van der Waals surface area contributed by atoms with Gasteiger partial charge in [0.1, 0.15) is 5.82 Å². The van der Waals surface area contributed by atoms with Crippen molar-refractivity contribution in [2.75, 3.05) is 18.5 Å². The van der Waals surface area contributed by atoms with E-state index in [0.717, 1.165) is 5.56 Å². The number of anilines is 1. The summed E-state index contributed by atoms with van der Waals surface area (Å²) in [6.07, 6.45) is 0.710. The Morgan fingerprint density at radius 2 is 2.16 bits per heavy atom. The highest BCUT2D eigenvalue weighted by atomic mass is 32.1. The largest absolute Gasteiger partial charge is 0.365 e. The lowest BCUT2D eigenvalue weighted by Gasteiger charge is -2.26. The molecule has 0 aliphatic heterocycles. The molecule has 0 aliphatic rings. The summed E-state index contributed by atoms with van der Waals surface area (Å²) in [7, 11) is 1.92. The molecule has 1 atom stereocenters. The summed E-state index contributed by atoms with van der Waals surface area (Å²) >= 11 is 1.69. The van der Waals surface area contributed by atoms with E-state index in [2.05, 4.69) is 13.0 Å². The molecule has 0 saturated heterocycles. The van der Waals surface area contributed by atoms with Crippen molar-refractivity contribution in [3.8, 4) is 0 Å². The Kier molecular flexibility index (Phi) is 4.56. The van der Waals surface area contributed by atoms with Gasteiger partial charge in [0, 0.05) is 11.9 Å². The highest BCUT2D eigenvalue weighted by Gasteiger charge is 2.16. The SMILES string of the molecule is CC(c1cccs1)N(C)c1ccc(CCN)cc1F. The van der Waals surface area contributed by atoms with E-state index in [4.69, 9.17) is 5.73 Å². The van der Waals surface area contributed by atoms with Crippen LogP contribution >= 0.6 is 11.3 Å². The van der Waals surface area contributed by atoms with Gasteiger partial charge in [0.15, 0.2) is 0 Å². The van der Waals surface area contributed by atoms with E-state index in [1.807, 2.05) is 35.5 Å². The van der Waals surface area contributed by atoms with Crippen LogP contribution in [-0.2, 0) is 6.42 Å². The van der Waals surface area contributed by atoms with Crippen LogP contribution in [0.2, 0.25) is 0 Å². The zero-order valence-electron chi connectivity index (χ0n) is 11.3. The van der Waals surface area contributed by atoms with Crippen molar-refractivity contribution in [1.82, 2.24) is 0 Å². The number of nitrogens with zero attached hydrogens (tertiary/aromatic N) is 1. The van der Waals surface area contributed by atoms with Crippen LogP contribution in [0.25, 0.3) is 0 Å². The minimum absolute atomic E-state index is 0.162. The van der Waals surface area contributed by atoms with Crippen LogP contribution in [0.1, 0.15) is 23.4 Å². The van der Waals surface area contributed by atoms with E-state index in [1.54, 1.807) is 17.4 Å². The Morgan fingerprint density at radius 1 is 1.37 bits per heavy atom. The molecule has 4 heteroatoms. The predicted octanol–water partition coefficient (Wildman–Crippen LogP) is 3.59. The van der Waals surface area contributed by atoms with E-state index >= 15 is 0 Å². The highest BCUT2D eigenvalue weighted by molar-refractivity contribution is 7.10. The van der Waals surface area contributed by atoms with E-state index in [9.17, 15) is 4.39 Å². The number of nitrogens with two attached hydrogens (primary N) is 1. The van der Waals surface area contributed by atoms with E-state index < -0.39 is 0 Å². The molecule has 1 unspecified atom stereocenters. The maximum absolute atomic E-state index is 14.1. The molecule has 2 rings (SSSR count). The van der Waals surface area contributed by atoms with Gasteiger partial charge in [-0.2, -0.15) is 0 Å². The summed E-state index contributed by atoms with van der Waals surface area (Å²) in [4.78, 5) is 3.20. The van der Waals surface area contributed by atoms with Gasteiger partial charge in [-0.15, -0.1) is 11.3 Å². The molecule has 0 saturated carbocycles. The predicted molar refractivity (Wildman–Crippen MR) is 80.3 cm³/mol. The molecule has 2 aromatic rings. The first-order chi connectivity index (χ1) is 9.13. The molecule has 0 radical (unpaired) electrons. The van der Waals surface area contributed by atoms with Crippen molar-refractivity contribution >= 4 is 17.0 Å². The molecule has 0 amide bonds. The number of halogens is 1. The first-order valence-electron chi connectivity index (χ1n) is 6.38. The van der Waals surface area contributed by atoms with Crippen LogP contribution in [0.15, 0.2) is 35.7 Å². The van der Waals surface area contributed by atoms with Gasteiger partial charge in [-0.1, -0.05) is 12.1 Å². The van der Waals surface area contributed by atoms with Gasteiger partial charge in [-0.05, 0) is 49.0 Å². The fourth-order valence-corrected chi connectivity index (χ4v) is 2.91. The minimum Gasteiger partial charge on any atom is -0.365 e. The lowest BCUT2D eigenvalue weighted by molar-refractivity contribution is 0.611. The quantitative estimate of drug-likeness (QED) is 0.905. The molecule has 0 spiro atoms. The summed E-state index contributed by atoms with van der Waals surface area (Å²) in [5.74, 6) is -0.183. The number of hydrogen-bond acceptors (Lipinski definition) is 3. The summed E-state index contributed by atoms with van der Waals surface area (Å²) in [6.45, 7) is 2.62. The molecule has 0 aliphatic carbocycles. The second kappa shape index (κ2) is 6.17.